The molecule has 0 aromatic heterocycles. The number of carbonyl (C=O) groups excluding carboxylic acids is 2. The number of ether oxygens (including phenoxy) is 1. The summed E-state index contributed by atoms with van der Waals surface area (Å²) in [5.41, 5.74) is 4.11. The number of nitrogens with one attached hydrogen (secondary N) is 1. The molecule has 2 amide bonds. The van der Waals surface area contributed by atoms with Crippen molar-refractivity contribution in [3.8, 4) is 29.3 Å². The third kappa shape index (κ3) is 6.81. The van der Waals surface area contributed by atoms with E-state index in [1.54, 1.807) is 48.5 Å². The van der Waals surface area contributed by atoms with Gasteiger partial charge in [0.1, 0.15) is 17.3 Å². The predicted molar refractivity (Wildman–Crippen MR) is 166 cm³/mol. The van der Waals surface area contributed by atoms with Gasteiger partial charge in [-0.05, 0) is 59.2 Å². The minimum absolute atomic E-state index is 0.0564. The Labute approximate surface area is 250 Å². The molecule has 8 heteroatoms. The number of terminal acetylenes is 1. The highest BCUT2D eigenvalue weighted by Gasteiger charge is 2.27. The Morgan fingerprint density at radius 3 is 1.91 bits per heavy atom. The van der Waals surface area contributed by atoms with E-state index in [9.17, 15) is 18.0 Å². The van der Waals surface area contributed by atoms with Crippen molar-refractivity contribution in [2.24, 2.45) is 0 Å². The summed E-state index contributed by atoms with van der Waals surface area (Å²) in [4.78, 5) is 26.5. The number of fused-ring (bicyclic) bond motifs is 1. The summed E-state index contributed by atoms with van der Waals surface area (Å²) in [7, 11) is -4.41. The Hall–Kier alpha value is -5.65. The number of benzene rings is 5. The average molecular weight is 587 g/mol. The largest absolute Gasteiger partial charge is 0.489 e. The molecular weight excluding hydrogens is 560 g/mol. The van der Waals surface area contributed by atoms with Crippen LogP contribution in [0.2, 0.25) is 0 Å². The molecular formula is C35H26N2O5S. The van der Waals surface area contributed by atoms with Crippen molar-refractivity contribution < 1.29 is 22.7 Å². The molecule has 6 rings (SSSR count). The van der Waals surface area contributed by atoms with Gasteiger partial charge >= 0.3 is 0 Å². The number of amides is 2. The topological polar surface area (TPSA) is 92.8 Å². The normalized spacial score (nSPS) is 10.8. The quantitative estimate of drug-likeness (QED) is 0.167. The monoisotopic (exact) mass is 586 g/mol. The number of rotatable bonds is 8. The van der Waals surface area contributed by atoms with Gasteiger partial charge in [-0.1, -0.05) is 97.4 Å². The summed E-state index contributed by atoms with van der Waals surface area (Å²) in [6, 6.07) is 40.3. The van der Waals surface area contributed by atoms with Crippen molar-refractivity contribution in [2.75, 3.05) is 4.90 Å². The van der Waals surface area contributed by atoms with Gasteiger partial charge in [0, 0.05) is 17.2 Å². The first-order chi connectivity index (χ1) is 20.9. The molecule has 2 aliphatic carbocycles. The molecule has 7 nitrogen and oxygen atoms in total. The van der Waals surface area contributed by atoms with E-state index in [2.05, 4.69) is 35.0 Å². The Morgan fingerprint density at radius 1 is 0.721 bits per heavy atom. The van der Waals surface area contributed by atoms with Gasteiger partial charge in [-0.2, -0.15) is 0 Å². The summed E-state index contributed by atoms with van der Waals surface area (Å²) in [5, 5.41) is 0. The zero-order chi connectivity index (χ0) is 30.2. The molecule has 212 valence electrons. The first-order valence-corrected chi connectivity index (χ1v) is 14.7. The van der Waals surface area contributed by atoms with E-state index in [0.29, 0.717) is 5.75 Å². The van der Waals surface area contributed by atoms with Crippen molar-refractivity contribution in [3.05, 3.63) is 150 Å². The van der Waals surface area contributed by atoms with Gasteiger partial charge in [-0.25, -0.2) is 18.0 Å². The minimum atomic E-state index is -4.41. The van der Waals surface area contributed by atoms with Crippen molar-refractivity contribution in [2.45, 2.75) is 11.5 Å². The fourth-order valence-electron chi connectivity index (χ4n) is 4.18. The van der Waals surface area contributed by atoms with E-state index in [1.807, 2.05) is 30.3 Å². The molecule has 0 aliphatic heterocycles. The van der Waals surface area contributed by atoms with Gasteiger partial charge in [0.2, 0.25) is 0 Å². The SMILES string of the molecule is C#CN(C(=O)c1ccccc1)c1ccccc1S(=O)(=O)NC(=O)c1cccc(OCc2ccccc2)c1.c1cc2ccc1-2. The van der Waals surface area contributed by atoms with Crippen LogP contribution in [0.15, 0.2) is 138 Å². The Morgan fingerprint density at radius 2 is 1.30 bits per heavy atom. The molecule has 0 heterocycles. The van der Waals surface area contributed by atoms with E-state index >= 15 is 0 Å². The predicted octanol–water partition coefficient (Wildman–Crippen LogP) is 6.29. The van der Waals surface area contributed by atoms with Crippen molar-refractivity contribution in [1.29, 1.82) is 0 Å². The second-order valence-electron chi connectivity index (χ2n) is 9.42. The first kappa shape index (κ1) is 28.9. The van der Waals surface area contributed by atoms with Crippen LogP contribution < -0.4 is 14.4 Å². The molecule has 0 unspecified atom stereocenters. The van der Waals surface area contributed by atoms with Gasteiger partial charge in [0.25, 0.3) is 21.8 Å². The van der Waals surface area contributed by atoms with Gasteiger partial charge in [-0.15, -0.1) is 0 Å². The van der Waals surface area contributed by atoms with Crippen molar-refractivity contribution >= 4 is 27.5 Å². The second kappa shape index (κ2) is 12.9. The third-order valence-corrected chi connectivity index (χ3v) is 7.92. The standard InChI is InChI=1S/C29H22N2O5S.C6H4/c1-2-31(29(33)23-14-7-4-8-15-23)26-18-9-10-19-27(26)37(34,35)30-28(32)24-16-11-17-25(20-24)36-21-22-12-5-3-6-13-22;1-2-6-4-3-5(1)6/h1,3-20H,21H2,(H,30,32);1-4H. The molecule has 4 aromatic rings. The van der Waals surface area contributed by atoms with E-state index in [0.717, 1.165) is 10.5 Å². The number of carbonyl (C=O) groups is 2. The van der Waals surface area contributed by atoms with Crippen molar-refractivity contribution in [1.82, 2.24) is 4.72 Å². The van der Waals surface area contributed by atoms with Crippen LogP contribution in [-0.4, -0.2) is 20.2 Å². The number of nitrogens with zero attached hydrogens (tertiary/aromatic N) is 1. The lowest BCUT2D eigenvalue weighted by molar-refractivity contribution is 0.0978. The summed E-state index contributed by atoms with van der Waals surface area (Å²) in [5.74, 6) is -1.04. The van der Waals surface area contributed by atoms with Crippen LogP contribution in [0, 0.1) is 12.5 Å². The van der Waals surface area contributed by atoms with E-state index in [-0.39, 0.29) is 28.3 Å². The first-order valence-electron chi connectivity index (χ1n) is 13.2. The number of anilines is 1. The summed E-state index contributed by atoms with van der Waals surface area (Å²) in [6.07, 6.45) is 5.59. The fraction of sp³-hybridized carbons (Fsp3) is 0.0286. The third-order valence-electron chi connectivity index (χ3n) is 6.54. The lowest BCUT2D eigenvalue weighted by Gasteiger charge is -2.19. The molecule has 4 aromatic carbocycles. The molecule has 0 radical (unpaired) electrons. The summed E-state index contributed by atoms with van der Waals surface area (Å²) >= 11 is 0. The number of hydrogen-bond acceptors (Lipinski definition) is 5. The van der Waals surface area contributed by atoms with Crippen LogP contribution in [0.5, 0.6) is 5.75 Å². The smallest absolute Gasteiger partial charge is 0.270 e. The van der Waals surface area contributed by atoms with E-state index in [4.69, 9.17) is 11.2 Å². The van der Waals surface area contributed by atoms with Gasteiger partial charge in [0.05, 0.1) is 5.69 Å². The highest BCUT2D eigenvalue weighted by molar-refractivity contribution is 7.90. The molecule has 0 atom stereocenters. The Kier molecular flexibility index (Phi) is 8.66. The van der Waals surface area contributed by atoms with E-state index in [1.165, 1.54) is 41.5 Å². The lowest BCUT2D eigenvalue weighted by atomic mass is 9.95. The zero-order valence-corrected chi connectivity index (χ0v) is 23.7. The number of hydrogen-bond donors (Lipinski definition) is 1. The molecule has 0 bridgehead atoms. The Bertz CT molecular complexity index is 1880. The number of para-hydroxylation sites is 1. The van der Waals surface area contributed by atoms with Gasteiger partial charge in [-0.3, -0.25) is 9.59 Å². The van der Waals surface area contributed by atoms with Crippen LogP contribution in [0.3, 0.4) is 0 Å². The van der Waals surface area contributed by atoms with Crippen LogP contribution >= 0.6 is 0 Å². The maximum atomic E-state index is 13.2. The van der Waals surface area contributed by atoms with Gasteiger partial charge in [0.15, 0.2) is 0 Å². The van der Waals surface area contributed by atoms with Crippen LogP contribution in [0.25, 0.3) is 11.1 Å². The highest BCUT2D eigenvalue weighted by atomic mass is 32.2. The molecule has 0 fully saturated rings. The Balaban J connectivity index is 0.000000537. The minimum Gasteiger partial charge on any atom is -0.489 e. The van der Waals surface area contributed by atoms with Gasteiger partial charge < -0.3 is 4.74 Å². The summed E-state index contributed by atoms with van der Waals surface area (Å²) in [6.45, 7) is 0.287. The molecule has 43 heavy (non-hydrogen) atoms. The zero-order valence-electron chi connectivity index (χ0n) is 22.9. The molecule has 0 spiro atoms. The maximum Gasteiger partial charge on any atom is 0.270 e. The lowest BCUT2D eigenvalue weighted by Crippen LogP contribution is -2.33. The fourth-order valence-corrected chi connectivity index (χ4v) is 5.35. The molecule has 0 saturated carbocycles. The number of sulfonamides is 1. The second-order valence-corrected chi connectivity index (χ2v) is 11.1. The van der Waals surface area contributed by atoms with E-state index < -0.39 is 21.8 Å². The average Bonchev–Trinajstić information content (AvgIpc) is 3.03. The van der Waals surface area contributed by atoms with Crippen LogP contribution in [0.1, 0.15) is 26.3 Å². The maximum absolute atomic E-state index is 13.2. The highest BCUT2D eigenvalue weighted by Crippen LogP contribution is 2.29. The van der Waals surface area contributed by atoms with Crippen LogP contribution in [0.4, 0.5) is 5.69 Å². The van der Waals surface area contributed by atoms with Crippen LogP contribution in [-0.2, 0) is 16.6 Å². The molecule has 2 aliphatic rings. The summed E-state index contributed by atoms with van der Waals surface area (Å²) < 4.78 is 34.3. The molecule has 1 N–H and O–H groups in total. The molecule has 0 saturated heterocycles. The van der Waals surface area contributed by atoms with Crippen molar-refractivity contribution in [3.63, 3.8) is 0 Å².